The van der Waals surface area contributed by atoms with Gasteiger partial charge in [-0.15, -0.1) is 0 Å². The summed E-state index contributed by atoms with van der Waals surface area (Å²) in [6, 6.07) is 1.99. The molecule has 2 aliphatic heterocycles. The molecule has 2 aliphatic rings. The second kappa shape index (κ2) is 5.02. The zero-order chi connectivity index (χ0) is 14.3. The van der Waals surface area contributed by atoms with Crippen LogP contribution in [0.3, 0.4) is 0 Å². The first-order chi connectivity index (χ1) is 9.45. The zero-order valence-electron chi connectivity index (χ0n) is 10.8. The largest absolute Gasteiger partial charge is 0.389 e. The third-order valence-electron chi connectivity index (χ3n) is 3.94. The quantitative estimate of drug-likeness (QED) is 0.811. The summed E-state index contributed by atoms with van der Waals surface area (Å²) in [5.74, 6) is -3.92. The van der Waals surface area contributed by atoms with Gasteiger partial charge in [-0.1, -0.05) is 0 Å². The number of benzene rings is 1. The zero-order valence-corrected chi connectivity index (χ0v) is 10.8. The average Bonchev–Trinajstić information content (AvgIpc) is 2.34. The van der Waals surface area contributed by atoms with Crippen LogP contribution >= 0.6 is 0 Å². The lowest BCUT2D eigenvalue weighted by atomic mass is 9.79. The van der Waals surface area contributed by atoms with E-state index in [1.807, 2.05) is 0 Å². The number of hydrogen-bond acceptors (Lipinski definition) is 3. The maximum absolute atomic E-state index is 13.2. The maximum Gasteiger partial charge on any atom is 0.194 e. The summed E-state index contributed by atoms with van der Waals surface area (Å²) < 4.78 is 44.8. The minimum absolute atomic E-state index is 0.0441. The Balaban J connectivity index is 1.79. The molecule has 0 aromatic heterocycles. The summed E-state index contributed by atoms with van der Waals surface area (Å²) >= 11 is 0. The molecular weight excluding hydrogens is 271 g/mol. The molecule has 2 saturated heterocycles. The fourth-order valence-electron chi connectivity index (χ4n) is 3.25. The second-order valence-electron chi connectivity index (χ2n) is 5.78. The summed E-state index contributed by atoms with van der Waals surface area (Å²) in [7, 11) is 0. The van der Waals surface area contributed by atoms with Gasteiger partial charge in [-0.05, 0) is 30.5 Å². The van der Waals surface area contributed by atoms with Gasteiger partial charge in [0.25, 0.3) is 0 Å². The highest BCUT2D eigenvalue weighted by Crippen LogP contribution is 2.31. The maximum atomic E-state index is 13.2. The predicted octanol–water partition coefficient (Wildman–Crippen LogP) is 1.53. The van der Waals surface area contributed by atoms with Crippen molar-refractivity contribution in [2.24, 2.45) is 0 Å². The highest BCUT2D eigenvalue weighted by molar-refractivity contribution is 5.22. The highest BCUT2D eigenvalue weighted by Gasteiger charge is 2.41. The molecule has 0 radical (unpaired) electrons. The first-order valence-electron chi connectivity index (χ1n) is 6.65. The second-order valence-corrected chi connectivity index (χ2v) is 5.78. The molecule has 20 heavy (non-hydrogen) atoms. The van der Waals surface area contributed by atoms with Crippen LogP contribution in [-0.2, 0) is 11.2 Å². The van der Waals surface area contributed by atoms with Crippen molar-refractivity contribution in [3.05, 3.63) is 35.1 Å². The third kappa shape index (κ3) is 2.68. The first kappa shape index (κ1) is 13.9. The van der Waals surface area contributed by atoms with Crippen LogP contribution in [0.1, 0.15) is 18.4 Å². The van der Waals surface area contributed by atoms with Gasteiger partial charge in [-0.25, -0.2) is 13.2 Å². The molecule has 3 nitrogen and oxygen atoms in total. The van der Waals surface area contributed by atoms with Gasteiger partial charge >= 0.3 is 0 Å². The Labute approximate surface area is 114 Å². The number of halogens is 3. The van der Waals surface area contributed by atoms with Gasteiger partial charge in [-0.2, -0.15) is 0 Å². The van der Waals surface area contributed by atoms with Gasteiger partial charge in [0.05, 0.1) is 18.8 Å². The van der Waals surface area contributed by atoms with Crippen molar-refractivity contribution >= 4 is 0 Å². The Morgan fingerprint density at radius 3 is 2.25 bits per heavy atom. The molecule has 2 fully saturated rings. The topological polar surface area (TPSA) is 41.5 Å². The Morgan fingerprint density at radius 2 is 1.70 bits per heavy atom. The van der Waals surface area contributed by atoms with Crippen molar-refractivity contribution in [1.82, 2.24) is 5.32 Å². The standard InChI is InChI=1S/C14H16F3NO2/c15-11-1-8(2-12(16)13(11)17)3-14(19)4-9-6-20-7-10(5-14)18-9/h1-2,9-10,18-19H,3-7H2. The molecule has 0 aliphatic carbocycles. The number of aliphatic hydroxyl groups is 1. The summed E-state index contributed by atoms with van der Waals surface area (Å²) in [6.45, 7) is 1.04. The lowest BCUT2D eigenvalue weighted by Crippen LogP contribution is -2.60. The van der Waals surface area contributed by atoms with Crippen LogP contribution in [0.15, 0.2) is 12.1 Å². The van der Waals surface area contributed by atoms with E-state index in [0.29, 0.717) is 26.1 Å². The normalized spacial score (nSPS) is 33.2. The Kier molecular flexibility index (Phi) is 3.48. The lowest BCUT2D eigenvalue weighted by Gasteiger charge is -2.45. The number of hydrogen-bond donors (Lipinski definition) is 2. The van der Waals surface area contributed by atoms with E-state index >= 15 is 0 Å². The van der Waals surface area contributed by atoms with Crippen molar-refractivity contribution in [2.75, 3.05) is 13.2 Å². The highest BCUT2D eigenvalue weighted by atomic mass is 19.2. The van der Waals surface area contributed by atoms with Crippen molar-refractivity contribution in [3.8, 4) is 0 Å². The Morgan fingerprint density at radius 1 is 1.15 bits per heavy atom. The molecule has 2 atom stereocenters. The van der Waals surface area contributed by atoms with Gasteiger partial charge in [0.15, 0.2) is 17.5 Å². The molecule has 2 heterocycles. The van der Waals surface area contributed by atoms with E-state index in [9.17, 15) is 18.3 Å². The molecule has 0 saturated carbocycles. The Hall–Kier alpha value is -1.11. The smallest absolute Gasteiger partial charge is 0.194 e. The van der Waals surface area contributed by atoms with Crippen molar-refractivity contribution < 1.29 is 23.0 Å². The molecule has 2 N–H and O–H groups in total. The fraction of sp³-hybridized carbons (Fsp3) is 0.571. The van der Waals surface area contributed by atoms with Crippen molar-refractivity contribution in [1.29, 1.82) is 0 Å². The van der Waals surface area contributed by atoms with Crippen LogP contribution < -0.4 is 5.32 Å². The van der Waals surface area contributed by atoms with Crippen LogP contribution in [0.5, 0.6) is 0 Å². The molecule has 2 bridgehead atoms. The van der Waals surface area contributed by atoms with Crippen LogP contribution in [-0.4, -0.2) is 36.0 Å². The molecule has 110 valence electrons. The molecule has 6 heteroatoms. The molecule has 1 aromatic rings. The van der Waals surface area contributed by atoms with Gasteiger partial charge in [0, 0.05) is 18.5 Å². The number of fused-ring (bicyclic) bond motifs is 2. The fourth-order valence-corrected chi connectivity index (χ4v) is 3.25. The van der Waals surface area contributed by atoms with E-state index in [2.05, 4.69) is 5.32 Å². The summed E-state index contributed by atoms with van der Waals surface area (Å²) in [5, 5.41) is 14.0. The van der Waals surface area contributed by atoms with Crippen LogP contribution in [0, 0.1) is 17.5 Å². The summed E-state index contributed by atoms with van der Waals surface area (Å²) in [6.07, 6.45) is 1.00. The first-order valence-corrected chi connectivity index (χ1v) is 6.65. The molecular formula is C14H16F3NO2. The minimum atomic E-state index is -1.48. The number of nitrogens with one attached hydrogen (secondary N) is 1. The molecule has 2 unspecified atom stereocenters. The van der Waals surface area contributed by atoms with Crippen LogP contribution in [0.4, 0.5) is 13.2 Å². The number of ether oxygens (including phenoxy) is 1. The molecule has 1 aromatic carbocycles. The van der Waals surface area contributed by atoms with Gasteiger partial charge in [0.2, 0.25) is 0 Å². The third-order valence-corrected chi connectivity index (χ3v) is 3.94. The lowest BCUT2D eigenvalue weighted by molar-refractivity contribution is -0.0756. The van der Waals surface area contributed by atoms with E-state index in [1.54, 1.807) is 0 Å². The van der Waals surface area contributed by atoms with Crippen molar-refractivity contribution in [2.45, 2.75) is 36.9 Å². The Bertz CT molecular complexity index is 488. The number of morpholine rings is 1. The van der Waals surface area contributed by atoms with Gasteiger partial charge in [0.1, 0.15) is 0 Å². The van der Waals surface area contributed by atoms with Gasteiger partial charge < -0.3 is 15.2 Å². The monoisotopic (exact) mass is 287 g/mol. The molecule has 0 spiro atoms. The van der Waals surface area contributed by atoms with E-state index < -0.39 is 23.1 Å². The van der Waals surface area contributed by atoms with Crippen molar-refractivity contribution in [3.63, 3.8) is 0 Å². The molecule has 0 amide bonds. The summed E-state index contributed by atoms with van der Waals surface area (Å²) in [4.78, 5) is 0. The van der Waals surface area contributed by atoms with E-state index in [0.717, 1.165) is 12.1 Å². The number of rotatable bonds is 2. The van der Waals surface area contributed by atoms with Crippen LogP contribution in [0.25, 0.3) is 0 Å². The van der Waals surface area contributed by atoms with Gasteiger partial charge in [-0.3, -0.25) is 0 Å². The van der Waals surface area contributed by atoms with E-state index in [1.165, 1.54) is 0 Å². The average molecular weight is 287 g/mol. The van der Waals surface area contributed by atoms with E-state index in [4.69, 9.17) is 4.74 Å². The van der Waals surface area contributed by atoms with E-state index in [-0.39, 0.29) is 24.1 Å². The SMILES string of the molecule is OC1(Cc2cc(F)c(F)c(F)c2)CC2COCC(C1)N2. The summed E-state index contributed by atoms with van der Waals surface area (Å²) in [5.41, 5.74) is -0.772. The van der Waals surface area contributed by atoms with Crippen LogP contribution in [0.2, 0.25) is 0 Å². The number of piperidine rings is 1. The molecule has 3 rings (SSSR count). The predicted molar refractivity (Wildman–Crippen MR) is 65.7 cm³/mol. The minimum Gasteiger partial charge on any atom is -0.389 e.